The second kappa shape index (κ2) is 7.07. The molecule has 1 heterocycles. The number of hydrogen-bond acceptors (Lipinski definition) is 3. The summed E-state index contributed by atoms with van der Waals surface area (Å²) in [6.45, 7) is 4.73. The zero-order valence-corrected chi connectivity index (χ0v) is 12.9. The van der Waals surface area contributed by atoms with Gasteiger partial charge < -0.3 is 5.32 Å². The average molecular weight is 311 g/mol. The summed E-state index contributed by atoms with van der Waals surface area (Å²) >= 11 is 7.56. The smallest absolute Gasteiger partial charge is 0.123 e. The molecule has 0 atom stereocenters. The summed E-state index contributed by atoms with van der Waals surface area (Å²) in [4.78, 5) is 5.21. The van der Waals surface area contributed by atoms with Crippen molar-refractivity contribution >= 4 is 23.4 Å². The Balaban J connectivity index is 2.24. The third-order valence-corrected chi connectivity index (χ3v) is 4.21. The molecule has 0 spiro atoms. The van der Waals surface area contributed by atoms with E-state index in [1.165, 1.54) is 17.8 Å². The third-order valence-electron chi connectivity index (χ3n) is 2.65. The van der Waals surface area contributed by atoms with Crippen molar-refractivity contribution in [1.29, 1.82) is 0 Å². The Morgan fingerprint density at radius 3 is 2.85 bits per heavy atom. The summed E-state index contributed by atoms with van der Waals surface area (Å²) in [5.74, 6) is -0.234. The number of hydrogen-bond donors (Lipinski definition) is 1. The number of pyridine rings is 1. The molecule has 0 saturated heterocycles. The van der Waals surface area contributed by atoms with Crippen LogP contribution in [0.4, 0.5) is 4.39 Å². The minimum absolute atomic E-state index is 0.234. The standard InChI is InChI=1S/C15H16ClFN2S/c1-10(2)19-9-11-8-12(17)5-6-14(11)20-15-13(16)4-3-7-18-15/h3-8,10,19H,9H2,1-2H3. The van der Waals surface area contributed by atoms with Gasteiger partial charge in [-0.25, -0.2) is 9.37 Å². The molecule has 0 amide bonds. The quantitative estimate of drug-likeness (QED) is 0.878. The van der Waals surface area contributed by atoms with Crippen molar-refractivity contribution in [2.75, 3.05) is 0 Å². The van der Waals surface area contributed by atoms with E-state index in [0.717, 1.165) is 15.5 Å². The van der Waals surface area contributed by atoms with E-state index in [-0.39, 0.29) is 5.82 Å². The molecule has 1 aromatic carbocycles. The van der Waals surface area contributed by atoms with Crippen LogP contribution in [0, 0.1) is 5.82 Å². The minimum Gasteiger partial charge on any atom is -0.310 e. The van der Waals surface area contributed by atoms with Crippen molar-refractivity contribution in [1.82, 2.24) is 10.3 Å². The summed E-state index contributed by atoms with van der Waals surface area (Å²) < 4.78 is 13.4. The third kappa shape index (κ3) is 4.20. The van der Waals surface area contributed by atoms with Crippen molar-refractivity contribution in [3.05, 3.63) is 52.9 Å². The lowest BCUT2D eigenvalue weighted by molar-refractivity contribution is 0.576. The number of halogens is 2. The normalized spacial score (nSPS) is 11.1. The van der Waals surface area contributed by atoms with E-state index in [4.69, 9.17) is 11.6 Å². The van der Waals surface area contributed by atoms with Crippen LogP contribution in [0.15, 0.2) is 46.5 Å². The van der Waals surface area contributed by atoms with Gasteiger partial charge in [-0.2, -0.15) is 0 Å². The first-order valence-electron chi connectivity index (χ1n) is 6.36. The van der Waals surface area contributed by atoms with Crippen LogP contribution in [0.1, 0.15) is 19.4 Å². The molecule has 106 valence electrons. The highest BCUT2D eigenvalue weighted by Gasteiger charge is 2.09. The number of rotatable bonds is 5. The Morgan fingerprint density at radius 1 is 1.35 bits per heavy atom. The molecular weight excluding hydrogens is 295 g/mol. The number of benzene rings is 1. The molecule has 2 nitrogen and oxygen atoms in total. The molecule has 5 heteroatoms. The number of nitrogens with zero attached hydrogens (tertiary/aromatic N) is 1. The Hall–Kier alpha value is -1.10. The van der Waals surface area contributed by atoms with Gasteiger partial charge in [0.2, 0.25) is 0 Å². The molecule has 2 aromatic rings. The van der Waals surface area contributed by atoms with E-state index in [2.05, 4.69) is 24.1 Å². The molecule has 0 radical (unpaired) electrons. The van der Waals surface area contributed by atoms with E-state index in [9.17, 15) is 4.39 Å². The van der Waals surface area contributed by atoms with Crippen molar-refractivity contribution in [3.8, 4) is 0 Å². The maximum atomic E-state index is 13.4. The zero-order chi connectivity index (χ0) is 14.5. The van der Waals surface area contributed by atoms with Crippen LogP contribution in [-0.4, -0.2) is 11.0 Å². The first-order valence-corrected chi connectivity index (χ1v) is 7.56. The lowest BCUT2D eigenvalue weighted by Crippen LogP contribution is -2.22. The van der Waals surface area contributed by atoms with Crippen molar-refractivity contribution in [3.63, 3.8) is 0 Å². The van der Waals surface area contributed by atoms with Gasteiger partial charge in [0.15, 0.2) is 0 Å². The molecule has 1 aromatic heterocycles. The van der Waals surface area contributed by atoms with Crippen LogP contribution >= 0.6 is 23.4 Å². The fourth-order valence-corrected chi connectivity index (χ4v) is 2.77. The summed E-state index contributed by atoms with van der Waals surface area (Å²) in [5.41, 5.74) is 0.908. The molecule has 2 rings (SSSR count). The fourth-order valence-electron chi connectivity index (χ4n) is 1.65. The van der Waals surface area contributed by atoms with Crippen LogP contribution in [0.3, 0.4) is 0 Å². The van der Waals surface area contributed by atoms with E-state index in [1.54, 1.807) is 30.5 Å². The highest BCUT2D eigenvalue weighted by molar-refractivity contribution is 7.99. The fraction of sp³-hybridized carbons (Fsp3) is 0.267. The topological polar surface area (TPSA) is 24.9 Å². The van der Waals surface area contributed by atoms with Crippen LogP contribution in [-0.2, 0) is 6.54 Å². The molecule has 0 aliphatic rings. The first kappa shape index (κ1) is 15.3. The molecule has 0 aliphatic heterocycles. The minimum atomic E-state index is -0.234. The second-order valence-corrected chi connectivity index (χ2v) is 6.12. The largest absolute Gasteiger partial charge is 0.310 e. The van der Waals surface area contributed by atoms with E-state index >= 15 is 0 Å². The van der Waals surface area contributed by atoms with E-state index in [1.807, 2.05) is 0 Å². The van der Waals surface area contributed by atoms with Crippen molar-refractivity contribution in [2.24, 2.45) is 0 Å². The Morgan fingerprint density at radius 2 is 2.15 bits per heavy atom. The summed E-state index contributed by atoms with van der Waals surface area (Å²) in [6, 6.07) is 8.70. The predicted molar refractivity (Wildman–Crippen MR) is 81.7 cm³/mol. The lowest BCUT2D eigenvalue weighted by atomic mass is 10.2. The Bertz CT molecular complexity index is 590. The van der Waals surface area contributed by atoms with Crippen molar-refractivity contribution < 1.29 is 4.39 Å². The van der Waals surface area contributed by atoms with Gasteiger partial charge in [-0.1, -0.05) is 37.2 Å². The van der Waals surface area contributed by atoms with Gasteiger partial charge in [0.25, 0.3) is 0 Å². The predicted octanol–water partition coefficient (Wildman–Crippen LogP) is 4.52. The van der Waals surface area contributed by atoms with Crippen LogP contribution in [0.25, 0.3) is 0 Å². The van der Waals surface area contributed by atoms with Gasteiger partial charge >= 0.3 is 0 Å². The molecule has 0 aliphatic carbocycles. The highest BCUT2D eigenvalue weighted by atomic mass is 35.5. The van der Waals surface area contributed by atoms with Gasteiger partial charge in [-0.3, -0.25) is 0 Å². The van der Waals surface area contributed by atoms with Crippen molar-refractivity contribution in [2.45, 2.75) is 36.4 Å². The van der Waals surface area contributed by atoms with Gasteiger partial charge in [-0.15, -0.1) is 0 Å². The molecule has 0 saturated carbocycles. The van der Waals surface area contributed by atoms with Crippen LogP contribution in [0.5, 0.6) is 0 Å². The average Bonchev–Trinajstić information content (AvgIpc) is 2.41. The molecule has 0 bridgehead atoms. The summed E-state index contributed by atoms with van der Waals surface area (Å²) in [7, 11) is 0. The van der Waals surface area contributed by atoms with Gasteiger partial charge in [0.05, 0.1) is 5.02 Å². The SMILES string of the molecule is CC(C)NCc1cc(F)ccc1Sc1ncccc1Cl. The molecule has 0 unspecified atom stereocenters. The molecule has 20 heavy (non-hydrogen) atoms. The lowest BCUT2D eigenvalue weighted by Gasteiger charge is -2.12. The van der Waals surface area contributed by atoms with Crippen LogP contribution in [0.2, 0.25) is 5.02 Å². The highest BCUT2D eigenvalue weighted by Crippen LogP contribution is 2.33. The van der Waals surface area contributed by atoms with E-state index in [0.29, 0.717) is 17.6 Å². The maximum absolute atomic E-state index is 13.4. The first-order chi connectivity index (χ1) is 9.56. The van der Waals surface area contributed by atoms with Gasteiger partial charge in [0, 0.05) is 23.7 Å². The summed E-state index contributed by atoms with van der Waals surface area (Å²) in [5, 5.41) is 4.63. The monoisotopic (exact) mass is 310 g/mol. The number of aromatic nitrogens is 1. The second-order valence-electron chi connectivity index (χ2n) is 4.68. The maximum Gasteiger partial charge on any atom is 0.123 e. The van der Waals surface area contributed by atoms with Crippen LogP contribution < -0.4 is 5.32 Å². The summed E-state index contributed by atoms with van der Waals surface area (Å²) in [6.07, 6.45) is 1.70. The zero-order valence-electron chi connectivity index (χ0n) is 11.4. The van der Waals surface area contributed by atoms with Gasteiger partial charge in [-0.05, 0) is 35.9 Å². The number of nitrogens with one attached hydrogen (secondary N) is 1. The molecule has 1 N–H and O–H groups in total. The Kier molecular flexibility index (Phi) is 5.40. The molecule has 0 fully saturated rings. The van der Waals surface area contributed by atoms with E-state index < -0.39 is 0 Å². The Labute approximate surface area is 127 Å². The molecular formula is C15H16ClFN2S. The van der Waals surface area contributed by atoms with Gasteiger partial charge in [0.1, 0.15) is 10.8 Å².